The molecule has 3 aromatic rings. The Hall–Kier alpha value is -2.68. The second-order valence-electron chi connectivity index (χ2n) is 5.43. The summed E-state index contributed by atoms with van der Waals surface area (Å²) in [5, 5.41) is 0. The van der Waals surface area contributed by atoms with E-state index < -0.39 is 0 Å². The van der Waals surface area contributed by atoms with Gasteiger partial charge in [-0.25, -0.2) is 0 Å². The molecule has 0 aromatic heterocycles. The Balaban J connectivity index is 1.99. The van der Waals surface area contributed by atoms with Crippen molar-refractivity contribution in [3.05, 3.63) is 96.6 Å². The summed E-state index contributed by atoms with van der Waals surface area (Å²) < 4.78 is 0.754. The van der Waals surface area contributed by atoms with Crippen LogP contribution in [0.15, 0.2) is 101 Å². The molecule has 1 radical (unpaired) electrons. The first kappa shape index (κ1) is 17.2. The molecule has 0 aliphatic carbocycles. The van der Waals surface area contributed by atoms with Crippen LogP contribution in [0, 0.1) is 0 Å². The first-order valence-corrected chi connectivity index (χ1v) is 8.83. The molecule has 3 rings (SSSR count). The number of benzene rings is 3. The second-order valence-corrected chi connectivity index (χ2v) is 6.19. The number of amidine groups is 2. The van der Waals surface area contributed by atoms with Crippen LogP contribution in [0.1, 0.15) is 5.56 Å². The van der Waals surface area contributed by atoms with Gasteiger partial charge in [-0.1, -0.05) is 0 Å². The van der Waals surface area contributed by atoms with Gasteiger partial charge in [0.25, 0.3) is 0 Å². The van der Waals surface area contributed by atoms with Gasteiger partial charge in [-0.2, -0.15) is 0 Å². The van der Waals surface area contributed by atoms with Gasteiger partial charge in [-0.05, 0) is 0 Å². The van der Waals surface area contributed by atoms with E-state index in [0.29, 0.717) is 5.84 Å². The molecular weight excluding hydrogens is 373 g/mol. The van der Waals surface area contributed by atoms with E-state index in [1.54, 1.807) is 0 Å². The molecule has 0 saturated carbocycles. The Bertz CT molecular complexity index is 859. The van der Waals surface area contributed by atoms with Crippen LogP contribution in [-0.2, 0) is 0 Å². The Kier molecular flexibility index (Phi) is 5.78. The summed E-state index contributed by atoms with van der Waals surface area (Å²) in [5.74, 6) is 0.670. The zero-order valence-electron chi connectivity index (χ0n) is 13.9. The van der Waals surface area contributed by atoms with E-state index in [9.17, 15) is 0 Å². The summed E-state index contributed by atoms with van der Waals surface area (Å²) in [6.07, 6.45) is 0. The summed E-state index contributed by atoms with van der Waals surface area (Å²) in [6, 6.07) is 30.0. The van der Waals surface area contributed by atoms with Gasteiger partial charge in [-0.15, -0.1) is 0 Å². The monoisotopic (exact) mass is 392 g/mol. The SMILES string of the molecule is CN(C([Se])=NC(=Nc1ccccc1)c1ccccc1)c1ccccc1. The van der Waals surface area contributed by atoms with E-state index in [-0.39, 0.29) is 0 Å². The van der Waals surface area contributed by atoms with E-state index in [4.69, 9.17) is 9.98 Å². The van der Waals surface area contributed by atoms with Crippen molar-refractivity contribution in [2.24, 2.45) is 9.98 Å². The van der Waals surface area contributed by atoms with Crippen molar-refractivity contribution in [3.63, 3.8) is 0 Å². The van der Waals surface area contributed by atoms with Crippen molar-refractivity contribution in [3.8, 4) is 0 Å². The van der Waals surface area contributed by atoms with Crippen LogP contribution in [0.5, 0.6) is 0 Å². The standard InChI is InChI=1S/C21H18N3Se/c1-24(19-15-9-4-10-16-19)21(25)23-20(17-11-5-2-6-12-17)22-18-13-7-3-8-14-18/h2-16H,1H3. The van der Waals surface area contributed by atoms with Crippen molar-refractivity contribution in [2.45, 2.75) is 0 Å². The van der Waals surface area contributed by atoms with E-state index in [1.165, 1.54) is 0 Å². The van der Waals surface area contributed by atoms with Crippen molar-refractivity contribution in [1.82, 2.24) is 0 Å². The van der Waals surface area contributed by atoms with Crippen molar-refractivity contribution in [2.75, 3.05) is 11.9 Å². The van der Waals surface area contributed by atoms with Gasteiger partial charge in [0.05, 0.1) is 0 Å². The Morgan fingerprint density at radius 1 is 0.760 bits per heavy atom. The fraction of sp³-hybridized carbons (Fsp3) is 0.0476. The predicted octanol–water partition coefficient (Wildman–Crippen LogP) is 4.43. The van der Waals surface area contributed by atoms with E-state index in [0.717, 1.165) is 21.7 Å². The van der Waals surface area contributed by atoms with E-state index >= 15 is 0 Å². The topological polar surface area (TPSA) is 28.0 Å². The van der Waals surface area contributed by atoms with E-state index in [2.05, 4.69) is 16.0 Å². The molecule has 123 valence electrons. The zero-order valence-corrected chi connectivity index (χ0v) is 15.6. The first-order chi connectivity index (χ1) is 12.2. The normalized spacial score (nSPS) is 12.0. The van der Waals surface area contributed by atoms with Gasteiger partial charge < -0.3 is 0 Å². The molecule has 0 aliphatic rings. The molecule has 4 heteroatoms. The van der Waals surface area contributed by atoms with Crippen molar-refractivity contribution in [1.29, 1.82) is 0 Å². The van der Waals surface area contributed by atoms with Gasteiger partial charge in [0.1, 0.15) is 0 Å². The molecule has 0 heterocycles. The number of anilines is 1. The summed E-state index contributed by atoms with van der Waals surface area (Å²) in [7, 11) is 1.98. The van der Waals surface area contributed by atoms with Crippen molar-refractivity contribution < 1.29 is 0 Å². The number of rotatable bonds is 3. The van der Waals surface area contributed by atoms with Gasteiger partial charge in [0.15, 0.2) is 0 Å². The van der Waals surface area contributed by atoms with Crippen LogP contribution in [0.3, 0.4) is 0 Å². The third kappa shape index (κ3) is 4.66. The molecule has 3 nitrogen and oxygen atoms in total. The van der Waals surface area contributed by atoms with Gasteiger partial charge in [0, 0.05) is 0 Å². The minimum absolute atomic E-state index is 0.670. The molecule has 0 amide bonds. The molecular formula is C21H18N3Se. The molecule has 0 unspecified atom stereocenters. The third-order valence-electron chi connectivity index (χ3n) is 3.66. The number of nitrogens with zero attached hydrogens (tertiary/aromatic N) is 3. The maximum atomic E-state index is 4.76. The zero-order chi connectivity index (χ0) is 17.5. The third-order valence-corrected chi connectivity index (χ3v) is 4.42. The molecule has 0 aliphatic heterocycles. The van der Waals surface area contributed by atoms with Crippen LogP contribution in [0.4, 0.5) is 11.4 Å². The molecule has 0 fully saturated rings. The van der Waals surface area contributed by atoms with Crippen LogP contribution in [0.25, 0.3) is 0 Å². The Morgan fingerprint density at radius 3 is 1.88 bits per heavy atom. The number of para-hydroxylation sites is 2. The number of hydrogen-bond acceptors (Lipinski definition) is 1. The minimum atomic E-state index is 0.670. The summed E-state index contributed by atoms with van der Waals surface area (Å²) in [6.45, 7) is 0. The summed E-state index contributed by atoms with van der Waals surface area (Å²) >= 11 is 3.06. The molecule has 0 saturated heterocycles. The molecule has 0 bridgehead atoms. The molecule has 3 aromatic carbocycles. The van der Waals surface area contributed by atoms with Crippen LogP contribution < -0.4 is 4.90 Å². The number of hydrogen-bond donors (Lipinski definition) is 0. The summed E-state index contributed by atoms with van der Waals surface area (Å²) in [4.78, 5) is 11.5. The second kappa shape index (κ2) is 8.43. The fourth-order valence-electron chi connectivity index (χ4n) is 2.29. The average Bonchev–Trinajstić information content (AvgIpc) is 2.69. The van der Waals surface area contributed by atoms with E-state index in [1.807, 2.05) is 103 Å². The molecule has 0 atom stereocenters. The van der Waals surface area contributed by atoms with Crippen LogP contribution >= 0.6 is 0 Å². The number of aliphatic imine (C=N–C) groups is 2. The Morgan fingerprint density at radius 2 is 1.28 bits per heavy atom. The quantitative estimate of drug-likeness (QED) is 0.369. The predicted molar refractivity (Wildman–Crippen MR) is 107 cm³/mol. The van der Waals surface area contributed by atoms with Crippen LogP contribution in [0.2, 0.25) is 0 Å². The fourth-order valence-corrected chi connectivity index (χ4v) is 2.70. The molecule has 25 heavy (non-hydrogen) atoms. The van der Waals surface area contributed by atoms with Crippen LogP contribution in [-0.4, -0.2) is 33.6 Å². The molecule has 0 spiro atoms. The van der Waals surface area contributed by atoms with Crippen molar-refractivity contribution >= 4 is 38.0 Å². The Labute approximate surface area is 156 Å². The molecule has 0 N–H and O–H groups in total. The average molecular weight is 391 g/mol. The van der Waals surface area contributed by atoms with Gasteiger partial charge >= 0.3 is 156 Å². The first-order valence-electron chi connectivity index (χ1n) is 7.98. The van der Waals surface area contributed by atoms with Gasteiger partial charge in [0.2, 0.25) is 0 Å². The maximum absolute atomic E-state index is 4.76. The van der Waals surface area contributed by atoms with Gasteiger partial charge in [-0.3, -0.25) is 0 Å². The summed E-state index contributed by atoms with van der Waals surface area (Å²) in [5.41, 5.74) is 2.91.